The van der Waals surface area contributed by atoms with Gasteiger partial charge in [-0.2, -0.15) is 0 Å². The smallest absolute Gasteiger partial charge is 0.255 e. The van der Waals surface area contributed by atoms with E-state index in [1.54, 1.807) is 4.90 Å². The van der Waals surface area contributed by atoms with Gasteiger partial charge in [-0.3, -0.25) is 9.00 Å². The summed E-state index contributed by atoms with van der Waals surface area (Å²) in [5.41, 5.74) is 2.75. The molecular weight excluding hydrogens is 276 g/mol. The van der Waals surface area contributed by atoms with Crippen molar-refractivity contribution in [3.05, 3.63) is 22.8 Å². The largest absolute Gasteiger partial charge is 0.337 e. The van der Waals surface area contributed by atoms with Crippen LogP contribution in [-0.2, 0) is 10.8 Å². The zero-order valence-electron chi connectivity index (χ0n) is 9.56. The normalized spacial score (nSPS) is 16.7. The number of hydrogen-bond acceptors (Lipinski definition) is 5. The molecule has 0 aliphatic carbocycles. The van der Waals surface area contributed by atoms with Crippen molar-refractivity contribution >= 4 is 34.1 Å². The minimum absolute atomic E-state index is 0.148. The summed E-state index contributed by atoms with van der Waals surface area (Å²) >= 11 is 5.91. The van der Waals surface area contributed by atoms with Crippen LogP contribution in [0.2, 0.25) is 5.02 Å². The molecular formula is C10H13ClN4O2S. The molecule has 1 aromatic heterocycles. The number of pyridine rings is 1. The van der Waals surface area contributed by atoms with Gasteiger partial charge in [0.1, 0.15) is 0 Å². The monoisotopic (exact) mass is 288 g/mol. The first-order valence-electron chi connectivity index (χ1n) is 5.38. The van der Waals surface area contributed by atoms with Crippen LogP contribution in [0.1, 0.15) is 10.4 Å². The van der Waals surface area contributed by atoms with Crippen LogP contribution in [0, 0.1) is 0 Å². The molecule has 0 atom stereocenters. The second-order valence-corrected chi connectivity index (χ2v) is 5.94. The fraction of sp³-hybridized carbons (Fsp3) is 0.400. The van der Waals surface area contributed by atoms with Crippen LogP contribution in [0.25, 0.3) is 0 Å². The van der Waals surface area contributed by atoms with E-state index in [1.165, 1.54) is 12.3 Å². The minimum Gasteiger partial charge on any atom is -0.337 e. The summed E-state index contributed by atoms with van der Waals surface area (Å²) in [6.07, 6.45) is 1.43. The van der Waals surface area contributed by atoms with Gasteiger partial charge in [0.15, 0.2) is 5.82 Å². The molecule has 0 unspecified atom stereocenters. The van der Waals surface area contributed by atoms with Crippen molar-refractivity contribution in [1.29, 1.82) is 0 Å². The van der Waals surface area contributed by atoms with E-state index in [2.05, 4.69) is 10.4 Å². The molecule has 0 spiro atoms. The number of nitrogens with one attached hydrogen (secondary N) is 1. The van der Waals surface area contributed by atoms with E-state index in [1.807, 2.05) is 0 Å². The van der Waals surface area contributed by atoms with Gasteiger partial charge in [0, 0.05) is 41.6 Å². The first kappa shape index (κ1) is 13.3. The summed E-state index contributed by atoms with van der Waals surface area (Å²) < 4.78 is 11.2. The van der Waals surface area contributed by atoms with Crippen LogP contribution in [0.3, 0.4) is 0 Å². The second-order valence-electron chi connectivity index (χ2n) is 3.84. The first-order valence-corrected chi connectivity index (χ1v) is 7.25. The quantitative estimate of drug-likeness (QED) is 0.600. The number of carbonyl (C=O) groups excluding carboxylic acids is 1. The van der Waals surface area contributed by atoms with Crippen molar-refractivity contribution in [3.63, 3.8) is 0 Å². The van der Waals surface area contributed by atoms with Crippen molar-refractivity contribution in [3.8, 4) is 0 Å². The Labute approximate surface area is 112 Å². The van der Waals surface area contributed by atoms with E-state index < -0.39 is 10.8 Å². The Morgan fingerprint density at radius 1 is 1.50 bits per heavy atom. The number of halogens is 1. The molecule has 2 heterocycles. The molecule has 1 aliphatic heterocycles. The van der Waals surface area contributed by atoms with E-state index in [0.29, 0.717) is 41.0 Å². The zero-order chi connectivity index (χ0) is 13.1. The molecule has 1 aliphatic rings. The standard InChI is InChI=1S/C10H13ClN4O2S/c11-8-5-7(6-13-9(8)14-12)10(16)15-1-3-18(17)4-2-15/h5-6H,1-4,12H2,(H,13,14). The highest BCUT2D eigenvalue weighted by molar-refractivity contribution is 7.85. The number of aromatic nitrogens is 1. The lowest BCUT2D eigenvalue weighted by Crippen LogP contribution is -2.41. The molecule has 2 rings (SSSR count). The number of rotatable bonds is 2. The summed E-state index contributed by atoms with van der Waals surface area (Å²) in [6.45, 7) is 1.000. The number of nitrogens with zero attached hydrogens (tertiary/aromatic N) is 2. The van der Waals surface area contributed by atoms with Gasteiger partial charge in [0.25, 0.3) is 5.91 Å². The lowest BCUT2D eigenvalue weighted by Gasteiger charge is -2.26. The highest BCUT2D eigenvalue weighted by Crippen LogP contribution is 2.20. The Bertz CT molecular complexity index is 487. The van der Waals surface area contributed by atoms with E-state index >= 15 is 0 Å². The van der Waals surface area contributed by atoms with E-state index in [-0.39, 0.29) is 5.91 Å². The van der Waals surface area contributed by atoms with Gasteiger partial charge >= 0.3 is 0 Å². The maximum Gasteiger partial charge on any atom is 0.255 e. The Kier molecular flexibility index (Phi) is 4.15. The van der Waals surface area contributed by atoms with Gasteiger partial charge < -0.3 is 10.3 Å². The summed E-state index contributed by atoms with van der Waals surface area (Å²) in [4.78, 5) is 17.7. The van der Waals surface area contributed by atoms with Crippen molar-refractivity contribution in [1.82, 2.24) is 9.88 Å². The number of anilines is 1. The maximum atomic E-state index is 12.1. The summed E-state index contributed by atoms with van der Waals surface area (Å²) in [5, 5.41) is 0.295. The molecule has 18 heavy (non-hydrogen) atoms. The van der Waals surface area contributed by atoms with Crippen LogP contribution < -0.4 is 11.3 Å². The zero-order valence-corrected chi connectivity index (χ0v) is 11.1. The number of hydrogen-bond donors (Lipinski definition) is 2. The lowest BCUT2D eigenvalue weighted by atomic mass is 10.2. The first-order chi connectivity index (χ1) is 8.61. The summed E-state index contributed by atoms with van der Waals surface area (Å²) in [7, 11) is -0.805. The molecule has 0 saturated carbocycles. The number of nitrogen functional groups attached to an aromatic ring is 1. The second kappa shape index (κ2) is 5.64. The van der Waals surface area contributed by atoms with Gasteiger partial charge in [0.05, 0.1) is 10.6 Å². The Balaban J connectivity index is 2.13. The minimum atomic E-state index is -0.805. The lowest BCUT2D eigenvalue weighted by molar-refractivity contribution is 0.0771. The predicted octanol–water partition coefficient (Wildman–Crippen LogP) is 0.225. The molecule has 3 N–H and O–H groups in total. The third kappa shape index (κ3) is 2.80. The summed E-state index contributed by atoms with van der Waals surface area (Å²) in [5.74, 6) is 6.43. The van der Waals surface area contributed by atoms with Gasteiger partial charge in [-0.25, -0.2) is 10.8 Å². The topological polar surface area (TPSA) is 88.3 Å². The SMILES string of the molecule is NNc1ncc(C(=O)N2CCS(=O)CC2)cc1Cl. The summed E-state index contributed by atoms with van der Waals surface area (Å²) in [6, 6.07) is 1.53. The molecule has 6 nitrogen and oxygen atoms in total. The fourth-order valence-electron chi connectivity index (χ4n) is 1.68. The van der Waals surface area contributed by atoms with Gasteiger partial charge in [-0.1, -0.05) is 11.6 Å². The maximum absolute atomic E-state index is 12.1. The third-order valence-corrected chi connectivity index (χ3v) is 4.25. The van der Waals surface area contributed by atoms with Gasteiger partial charge in [0.2, 0.25) is 0 Å². The molecule has 0 bridgehead atoms. The molecule has 1 amide bonds. The highest BCUT2D eigenvalue weighted by Gasteiger charge is 2.22. The number of carbonyl (C=O) groups is 1. The molecule has 98 valence electrons. The van der Waals surface area contributed by atoms with E-state index in [9.17, 15) is 9.00 Å². The fourth-order valence-corrected chi connectivity index (χ4v) is 2.96. The number of nitrogens with two attached hydrogens (primary N) is 1. The Morgan fingerprint density at radius 2 is 2.17 bits per heavy atom. The van der Waals surface area contributed by atoms with Crippen molar-refractivity contribution in [2.24, 2.45) is 5.84 Å². The average molecular weight is 289 g/mol. The van der Waals surface area contributed by atoms with Crippen LogP contribution in [-0.4, -0.2) is 44.6 Å². The molecule has 0 aromatic carbocycles. The van der Waals surface area contributed by atoms with Crippen LogP contribution >= 0.6 is 11.6 Å². The predicted molar refractivity (Wildman–Crippen MR) is 70.8 cm³/mol. The molecule has 0 radical (unpaired) electrons. The van der Waals surface area contributed by atoms with Crippen molar-refractivity contribution < 1.29 is 9.00 Å². The van der Waals surface area contributed by atoms with Crippen LogP contribution in [0.4, 0.5) is 5.82 Å². The Morgan fingerprint density at radius 3 is 2.72 bits per heavy atom. The van der Waals surface area contributed by atoms with Crippen LogP contribution in [0.15, 0.2) is 12.3 Å². The molecule has 1 fully saturated rings. The average Bonchev–Trinajstić information content (AvgIpc) is 2.38. The number of hydrazine groups is 1. The molecule has 8 heteroatoms. The highest BCUT2D eigenvalue weighted by atomic mass is 35.5. The number of amides is 1. The van der Waals surface area contributed by atoms with E-state index in [4.69, 9.17) is 17.4 Å². The molecule has 1 saturated heterocycles. The van der Waals surface area contributed by atoms with Gasteiger partial charge in [-0.05, 0) is 6.07 Å². The Hall–Kier alpha value is -1.18. The molecule has 1 aromatic rings. The van der Waals surface area contributed by atoms with Gasteiger partial charge in [-0.15, -0.1) is 0 Å². The van der Waals surface area contributed by atoms with E-state index in [0.717, 1.165) is 0 Å². The van der Waals surface area contributed by atoms with Crippen LogP contribution in [0.5, 0.6) is 0 Å². The van der Waals surface area contributed by atoms with Crippen molar-refractivity contribution in [2.75, 3.05) is 30.0 Å². The third-order valence-electron chi connectivity index (χ3n) is 2.69. The van der Waals surface area contributed by atoms with Crippen molar-refractivity contribution in [2.45, 2.75) is 0 Å².